The summed E-state index contributed by atoms with van der Waals surface area (Å²) in [5.41, 5.74) is 1.13. The van der Waals surface area contributed by atoms with Crippen molar-refractivity contribution in [2.45, 2.75) is 24.7 Å². The smallest absolute Gasteiger partial charge is 0.173 e. The van der Waals surface area contributed by atoms with Crippen LogP contribution in [0.4, 0.5) is 0 Å². The standard InChI is InChI=1S/C11H14O2S2/c1-9-2-6-11(7-3-9)15(12,14)13-8-10-4-5-10/h2-3,6-7,10H,4-5,8H2,1H3. The van der Waals surface area contributed by atoms with E-state index in [0.717, 1.165) is 5.56 Å². The molecule has 0 heterocycles. The van der Waals surface area contributed by atoms with E-state index in [0.29, 0.717) is 17.4 Å². The van der Waals surface area contributed by atoms with Gasteiger partial charge in [-0.15, -0.1) is 0 Å². The zero-order valence-corrected chi connectivity index (χ0v) is 10.3. The Labute approximate surface area is 95.5 Å². The van der Waals surface area contributed by atoms with E-state index in [1.807, 2.05) is 19.1 Å². The summed E-state index contributed by atoms with van der Waals surface area (Å²) >= 11 is 5.00. The van der Waals surface area contributed by atoms with Crippen LogP contribution in [0, 0.1) is 12.8 Å². The maximum atomic E-state index is 12.0. The molecule has 0 saturated heterocycles. The number of benzene rings is 1. The van der Waals surface area contributed by atoms with Gasteiger partial charge in [0.2, 0.25) is 0 Å². The average Bonchev–Trinajstić information content (AvgIpc) is 2.99. The van der Waals surface area contributed by atoms with Gasteiger partial charge in [-0.05, 0) is 37.8 Å². The average molecular weight is 242 g/mol. The molecule has 1 aliphatic carbocycles. The highest BCUT2D eigenvalue weighted by Gasteiger charge is 2.24. The predicted octanol–water partition coefficient (Wildman–Crippen LogP) is 2.44. The van der Waals surface area contributed by atoms with Gasteiger partial charge >= 0.3 is 0 Å². The van der Waals surface area contributed by atoms with Crippen LogP contribution in [-0.2, 0) is 24.1 Å². The summed E-state index contributed by atoms with van der Waals surface area (Å²) in [6.07, 6.45) is 2.36. The highest BCUT2D eigenvalue weighted by Crippen LogP contribution is 2.30. The van der Waals surface area contributed by atoms with Crippen LogP contribution in [0.1, 0.15) is 18.4 Å². The van der Waals surface area contributed by atoms with Crippen LogP contribution >= 0.6 is 0 Å². The Balaban J connectivity index is 2.09. The van der Waals surface area contributed by atoms with Gasteiger partial charge in [0, 0.05) is 11.2 Å². The minimum absolute atomic E-state index is 0.538. The molecule has 0 spiro atoms. The van der Waals surface area contributed by atoms with Crippen molar-refractivity contribution in [3.05, 3.63) is 29.8 Å². The van der Waals surface area contributed by atoms with Gasteiger partial charge in [0.15, 0.2) is 8.77 Å². The van der Waals surface area contributed by atoms with E-state index < -0.39 is 8.77 Å². The van der Waals surface area contributed by atoms with E-state index in [1.165, 1.54) is 12.8 Å². The quantitative estimate of drug-likeness (QED) is 0.811. The molecule has 1 aromatic rings. The second-order valence-electron chi connectivity index (χ2n) is 4.00. The molecule has 2 rings (SSSR count). The van der Waals surface area contributed by atoms with E-state index >= 15 is 0 Å². The largest absolute Gasteiger partial charge is 0.286 e. The molecule has 0 radical (unpaired) electrons. The molecule has 1 atom stereocenters. The Bertz CT molecular complexity index is 430. The summed E-state index contributed by atoms with van der Waals surface area (Å²) in [7, 11) is -2.70. The first-order valence-electron chi connectivity index (χ1n) is 5.04. The van der Waals surface area contributed by atoms with Crippen molar-refractivity contribution in [2.75, 3.05) is 6.61 Å². The summed E-state index contributed by atoms with van der Waals surface area (Å²) in [6.45, 7) is 2.52. The Hall–Kier alpha value is -0.450. The zero-order valence-electron chi connectivity index (χ0n) is 8.64. The fourth-order valence-electron chi connectivity index (χ4n) is 1.24. The molecule has 0 aliphatic heterocycles. The molecule has 0 aromatic heterocycles. The molecule has 1 unspecified atom stereocenters. The first kappa shape index (κ1) is 11.0. The van der Waals surface area contributed by atoms with E-state index in [2.05, 4.69) is 0 Å². The fourth-order valence-corrected chi connectivity index (χ4v) is 2.72. The van der Waals surface area contributed by atoms with Gasteiger partial charge in [0.25, 0.3) is 0 Å². The Morgan fingerprint density at radius 2 is 2.00 bits per heavy atom. The van der Waals surface area contributed by atoms with Crippen LogP contribution in [-0.4, -0.2) is 10.8 Å². The lowest BCUT2D eigenvalue weighted by atomic mass is 10.2. The van der Waals surface area contributed by atoms with Gasteiger partial charge in [0.1, 0.15) is 0 Å². The van der Waals surface area contributed by atoms with Crippen molar-refractivity contribution in [2.24, 2.45) is 5.92 Å². The maximum absolute atomic E-state index is 12.0. The van der Waals surface area contributed by atoms with Crippen LogP contribution in [0.3, 0.4) is 0 Å². The molecule has 2 nitrogen and oxygen atoms in total. The maximum Gasteiger partial charge on any atom is 0.173 e. The molecule has 1 saturated carbocycles. The third-order valence-corrected chi connectivity index (χ3v) is 4.63. The summed E-state index contributed by atoms with van der Waals surface area (Å²) in [5, 5.41) is 0. The van der Waals surface area contributed by atoms with Crippen molar-refractivity contribution in [1.29, 1.82) is 0 Å². The zero-order chi connectivity index (χ0) is 10.9. The van der Waals surface area contributed by atoms with Crippen molar-refractivity contribution in [1.82, 2.24) is 0 Å². The van der Waals surface area contributed by atoms with Gasteiger partial charge < -0.3 is 0 Å². The highest BCUT2D eigenvalue weighted by molar-refractivity contribution is 8.30. The number of hydrogen-bond acceptors (Lipinski definition) is 3. The van der Waals surface area contributed by atoms with Crippen molar-refractivity contribution < 1.29 is 8.39 Å². The first-order chi connectivity index (χ1) is 7.08. The van der Waals surface area contributed by atoms with E-state index in [9.17, 15) is 4.21 Å². The molecular formula is C11H14O2S2. The lowest BCUT2D eigenvalue weighted by molar-refractivity contribution is 0.327. The lowest BCUT2D eigenvalue weighted by Crippen LogP contribution is -2.07. The summed E-state index contributed by atoms with van der Waals surface area (Å²) in [4.78, 5) is 0.615. The third-order valence-electron chi connectivity index (χ3n) is 2.47. The fraction of sp³-hybridized carbons (Fsp3) is 0.455. The second-order valence-corrected chi connectivity index (χ2v) is 6.93. The van der Waals surface area contributed by atoms with Gasteiger partial charge in [0.05, 0.1) is 11.5 Å². The minimum atomic E-state index is -2.70. The third kappa shape index (κ3) is 3.00. The Kier molecular flexibility index (Phi) is 3.09. The van der Waals surface area contributed by atoms with Crippen molar-refractivity contribution in [3.8, 4) is 0 Å². The predicted molar refractivity (Wildman–Crippen MR) is 63.6 cm³/mol. The Morgan fingerprint density at radius 1 is 1.40 bits per heavy atom. The molecule has 82 valence electrons. The van der Waals surface area contributed by atoms with Crippen molar-refractivity contribution >= 4 is 20.0 Å². The molecule has 15 heavy (non-hydrogen) atoms. The monoisotopic (exact) mass is 242 g/mol. The molecule has 0 amide bonds. The van der Waals surface area contributed by atoms with E-state index in [1.54, 1.807) is 12.1 Å². The molecule has 0 N–H and O–H groups in total. The van der Waals surface area contributed by atoms with Gasteiger partial charge in [-0.1, -0.05) is 17.7 Å². The first-order valence-corrected chi connectivity index (χ1v) is 7.45. The SMILES string of the molecule is Cc1ccc(S(=O)(=S)OCC2CC2)cc1. The van der Waals surface area contributed by atoms with Crippen molar-refractivity contribution in [3.63, 3.8) is 0 Å². The lowest BCUT2D eigenvalue weighted by Gasteiger charge is -2.07. The topological polar surface area (TPSA) is 26.3 Å². The molecule has 0 bridgehead atoms. The summed E-state index contributed by atoms with van der Waals surface area (Å²) in [6, 6.07) is 7.39. The molecule has 1 aliphatic rings. The Morgan fingerprint density at radius 3 is 2.53 bits per heavy atom. The van der Waals surface area contributed by atoms with Crippen LogP contribution in [0.2, 0.25) is 0 Å². The molecule has 1 aromatic carbocycles. The molecule has 4 heteroatoms. The second kappa shape index (κ2) is 4.20. The van der Waals surface area contributed by atoms with E-state index in [-0.39, 0.29) is 0 Å². The van der Waals surface area contributed by atoms with Gasteiger partial charge in [-0.25, -0.2) is 4.21 Å². The minimum Gasteiger partial charge on any atom is -0.286 e. The molecular weight excluding hydrogens is 228 g/mol. The normalized spacial score (nSPS) is 19.8. The van der Waals surface area contributed by atoms with Crippen LogP contribution in [0.5, 0.6) is 0 Å². The van der Waals surface area contributed by atoms with Crippen LogP contribution in [0.15, 0.2) is 29.2 Å². The number of aryl methyl sites for hydroxylation is 1. The van der Waals surface area contributed by atoms with Crippen LogP contribution < -0.4 is 0 Å². The molecule has 1 fully saturated rings. The van der Waals surface area contributed by atoms with Gasteiger partial charge in [-0.3, -0.25) is 4.18 Å². The van der Waals surface area contributed by atoms with Gasteiger partial charge in [-0.2, -0.15) is 0 Å². The number of rotatable bonds is 4. The van der Waals surface area contributed by atoms with E-state index in [4.69, 9.17) is 15.4 Å². The summed E-state index contributed by atoms with van der Waals surface area (Å²) < 4.78 is 17.3. The number of hydrogen-bond donors (Lipinski definition) is 0. The highest BCUT2D eigenvalue weighted by atomic mass is 32.8. The summed E-state index contributed by atoms with van der Waals surface area (Å²) in [5.74, 6) is 0.583. The van der Waals surface area contributed by atoms with Crippen LogP contribution in [0.25, 0.3) is 0 Å².